The van der Waals surface area contributed by atoms with Crippen LogP contribution in [0.3, 0.4) is 0 Å². The Morgan fingerprint density at radius 2 is 1.76 bits per heavy atom. The SMILES string of the molecule is N#CCN(C(=O)COC(=O)c1ccc2c(c1)C(=O)N(Cc1ccco1)C2=O)c1ccccc1. The van der Waals surface area contributed by atoms with E-state index in [1.807, 2.05) is 6.07 Å². The van der Waals surface area contributed by atoms with E-state index in [0.29, 0.717) is 11.4 Å². The summed E-state index contributed by atoms with van der Waals surface area (Å²) in [4.78, 5) is 52.6. The van der Waals surface area contributed by atoms with Gasteiger partial charge in [-0.1, -0.05) is 18.2 Å². The van der Waals surface area contributed by atoms with Gasteiger partial charge >= 0.3 is 5.97 Å². The van der Waals surface area contributed by atoms with Crippen LogP contribution >= 0.6 is 0 Å². The fourth-order valence-corrected chi connectivity index (χ4v) is 3.41. The van der Waals surface area contributed by atoms with Crippen molar-refractivity contribution in [1.29, 1.82) is 5.26 Å². The van der Waals surface area contributed by atoms with Gasteiger partial charge in [0.05, 0.1) is 35.6 Å². The third-order valence-corrected chi connectivity index (χ3v) is 5.02. The van der Waals surface area contributed by atoms with Crippen molar-refractivity contribution < 1.29 is 28.3 Å². The Hall–Kier alpha value is -4.71. The van der Waals surface area contributed by atoms with Gasteiger partial charge in [0.1, 0.15) is 12.3 Å². The second-order valence-corrected chi connectivity index (χ2v) is 7.09. The Labute approximate surface area is 188 Å². The van der Waals surface area contributed by atoms with Gasteiger partial charge in [0.15, 0.2) is 6.61 Å². The number of furan rings is 1. The highest BCUT2D eigenvalue weighted by molar-refractivity contribution is 6.21. The van der Waals surface area contributed by atoms with Crippen molar-refractivity contribution in [2.24, 2.45) is 0 Å². The molecule has 0 unspecified atom stereocenters. The van der Waals surface area contributed by atoms with Crippen molar-refractivity contribution in [2.75, 3.05) is 18.1 Å². The number of nitriles is 1. The molecule has 1 aliphatic rings. The van der Waals surface area contributed by atoms with Gasteiger partial charge in [0.25, 0.3) is 17.7 Å². The maximum atomic E-state index is 12.7. The first-order valence-electron chi connectivity index (χ1n) is 9.91. The molecule has 2 aromatic carbocycles. The summed E-state index contributed by atoms with van der Waals surface area (Å²) in [6.45, 7) is -0.826. The third-order valence-electron chi connectivity index (χ3n) is 5.02. The van der Waals surface area contributed by atoms with Crippen LogP contribution < -0.4 is 4.90 Å². The molecule has 0 radical (unpaired) electrons. The largest absolute Gasteiger partial charge is 0.467 e. The zero-order chi connectivity index (χ0) is 23.4. The predicted molar refractivity (Wildman–Crippen MR) is 114 cm³/mol. The van der Waals surface area contributed by atoms with Crippen LogP contribution in [0.15, 0.2) is 71.3 Å². The number of ether oxygens (including phenoxy) is 1. The van der Waals surface area contributed by atoms with Crippen LogP contribution in [0.25, 0.3) is 0 Å². The highest BCUT2D eigenvalue weighted by atomic mass is 16.5. The Morgan fingerprint density at radius 3 is 2.45 bits per heavy atom. The summed E-state index contributed by atoms with van der Waals surface area (Å²) in [6.07, 6.45) is 1.44. The zero-order valence-electron chi connectivity index (χ0n) is 17.3. The van der Waals surface area contributed by atoms with Crippen LogP contribution in [0.5, 0.6) is 0 Å². The standard InChI is InChI=1S/C24H17N3O6/c25-10-11-26(17-5-2-1-3-6-17)21(28)15-33-24(31)16-8-9-19-20(13-16)23(30)27(22(19)29)14-18-7-4-12-32-18/h1-9,12-13H,11,14-15H2. The number of hydrogen-bond donors (Lipinski definition) is 0. The van der Waals surface area contributed by atoms with Gasteiger partial charge in [-0.05, 0) is 42.5 Å². The van der Waals surface area contributed by atoms with Gasteiger partial charge < -0.3 is 9.15 Å². The molecular weight excluding hydrogens is 426 g/mol. The number of carbonyl (C=O) groups is 4. The van der Waals surface area contributed by atoms with E-state index in [-0.39, 0.29) is 29.8 Å². The quantitative estimate of drug-likeness (QED) is 0.313. The molecule has 0 saturated heterocycles. The molecule has 0 saturated carbocycles. The third kappa shape index (κ3) is 4.36. The predicted octanol–water partition coefficient (Wildman–Crippen LogP) is 2.79. The fourth-order valence-electron chi connectivity index (χ4n) is 3.41. The zero-order valence-corrected chi connectivity index (χ0v) is 17.3. The molecule has 0 N–H and O–H groups in total. The molecule has 1 aromatic heterocycles. The van der Waals surface area contributed by atoms with Crippen LogP contribution in [0, 0.1) is 11.3 Å². The Balaban J connectivity index is 1.45. The summed E-state index contributed by atoms with van der Waals surface area (Å²) in [5, 5.41) is 9.02. The summed E-state index contributed by atoms with van der Waals surface area (Å²) >= 11 is 0. The van der Waals surface area contributed by atoms with Crippen LogP contribution in [-0.2, 0) is 16.1 Å². The molecule has 3 amide bonds. The van der Waals surface area contributed by atoms with E-state index in [9.17, 15) is 19.2 Å². The summed E-state index contributed by atoms with van der Waals surface area (Å²) in [6, 6.07) is 17.7. The maximum absolute atomic E-state index is 12.7. The molecule has 2 heterocycles. The minimum Gasteiger partial charge on any atom is -0.467 e. The highest BCUT2D eigenvalue weighted by Crippen LogP contribution is 2.26. The number of nitrogens with zero attached hydrogens (tertiary/aromatic N) is 3. The van der Waals surface area contributed by atoms with E-state index in [0.717, 1.165) is 4.90 Å². The molecule has 164 valence electrons. The van der Waals surface area contributed by atoms with E-state index in [4.69, 9.17) is 14.4 Å². The number of benzene rings is 2. The fraction of sp³-hybridized carbons (Fsp3) is 0.125. The van der Waals surface area contributed by atoms with Crippen molar-refractivity contribution in [2.45, 2.75) is 6.54 Å². The number of carbonyl (C=O) groups excluding carboxylic acids is 4. The first-order chi connectivity index (χ1) is 16.0. The van der Waals surface area contributed by atoms with Crippen molar-refractivity contribution in [3.63, 3.8) is 0 Å². The minimum atomic E-state index is -0.833. The van der Waals surface area contributed by atoms with Gasteiger partial charge in [-0.2, -0.15) is 5.26 Å². The number of fused-ring (bicyclic) bond motifs is 1. The molecule has 1 aliphatic heterocycles. The molecule has 4 rings (SSSR count). The summed E-state index contributed by atoms with van der Waals surface area (Å²) in [5.41, 5.74) is 0.763. The van der Waals surface area contributed by atoms with Crippen molar-refractivity contribution >= 4 is 29.4 Å². The second-order valence-electron chi connectivity index (χ2n) is 7.09. The number of rotatable bonds is 7. The highest BCUT2D eigenvalue weighted by Gasteiger charge is 2.36. The molecule has 0 spiro atoms. The number of esters is 1. The van der Waals surface area contributed by atoms with Gasteiger partial charge in [-0.15, -0.1) is 0 Å². The average Bonchev–Trinajstić information content (AvgIpc) is 3.44. The Morgan fingerprint density at radius 1 is 1.00 bits per heavy atom. The molecule has 0 fully saturated rings. The van der Waals surface area contributed by atoms with Gasteiger partial charge in [0.2, 0.25) is 0 Å². The minimum absolute atomic E-state index is 0.0223. The van der Waals surface area contributed by atoms with E-state index >= 15 is 0 Å². The van der Waals surface area contributed by atoms with E-state index < -0.39 is 30.3 Å². The summed E-state index contributed by atoms with van der Waals surface area (Å²) in [5.74, 6) is -2.00. The number of para-hydroxylation sites is 1. The lowest BCUT2D eigenvalue weighted by Gasteiger charge is -2.19. The van der Waals surface area contributed by atoms with Crippen LogP contribution in [-0.4, -0.2) is 41.7 Å². The molecule has 9 heteroatoms. The lowest BCUT2D eigenvalue weighted by atomic mass is 10.1. The molecule has 9 nitrogen and oxygen atoms in total. The number of anilines is 1. The summed E-state index contributed by atoms with van der Waals surface area (Å²) < 4.78 is 10.3. The normalized spacial score (nSPS) is 12.3. The van der Waals surface area contributed by atoms with Gasteiger partial charge in [-0.25, -0.2) is 4.79 Å². The summed E-state index contributed by atoms with van der Waals surface area (Å²) in [7, 11) is 0. The number of hydrogen-bond acceptors (Lipinski definition) is 7. The molecule has 0 bridgehead atoms. The van der Waals surface area contributed by atoms with Crippen molar-refractivity contribution in [3.05, 3.63) is 89.4 Å². The van der Waals surface area contributed by atoms with Crippen LogP contribution in [0.4, 0.5) is 5.69 Å². The molecule has 3 aromatic rings. The average molecular weight is 443 g/mol. The smallest absolute Gasteiger partial charge is 0.338 e. The lowest BCUT2D eigenvalue weighted by Crippen LogP contribution is -2.35. The van der Waals surface area contributed by atoms with Crippen LogP contribution in [0.1, 0.15) is 36.8 Å². The topological polar surface area (TPSA) is 121 Å². The van der Waals surface area contributed by atoms with Crippen LogP contribution in [0.2, 0.25) is 0 Å². The molecule has 33 heavy (non-hydrogen) atoms. The number of amides is 3. The van der Waals surface area contributed by atoms with Crippen molar-refractivity contribution in [3.8, 4) is 6.07 Å². The number of imide groups is 1. The van der Waals surface area contributed by atoms with E-state index in [1.165, 1.54) is 29.4 Å². The van der Waals surface area contributed by atoms with E-state index in [2.05, 4.69) is 0 Å². The second kappa shape index (κ2) is 9.20. The lowest BCUT2D eigenvalue weighted by molar-refractivity contribution is -0.121. The monoisotopic (exact) mass is 443 g/mol. The first-order valence-corrected chi connectivity index (χ1v) is 9.91. The molecule has 0 atom stereocenters. The molecular formula is C24H17N3O6. The van der Waals surface area contributed by atoms with Gasteiger partial charge in [0, 0.05) is 5.69 Å². The van der Waals surface area contributed by atoms with E-state index in [1.54, 1.807) is 42.5 Å². The Bertz CT molecular complexity index is 1260. The molecule has 0 aliphatic carbocycles. The maximum Gasteiger partial charge on any atom is 0.338 e. The van der Waals surface area contributed by atoms with Gasteiger partial charge in [-0.3, -0.25) is 24.2 Å². The Kier molecular flexibility index (Phi) is 6.00. The first kappa shape index (κ1) is 21.5. The van der Waals surface area contributed by atoms with Crippen molar-refractivity contribution in [1.82, 2.24) is 4.90 Å².